The average molecular weight is 450 g/mol. The summed E-state index contributed by atoms with van der Waals surface area (Å²) in [6, 6.07) is 2.55. The Hall–Kier alpha value is -1.36. The lowest BCUT2D eigenvalue weighted by molar-refractivity contribution is -0.244. The number of rotatable bonds is 4. The highest BCUT2D eigenvalue weighted by Gasteiger charge is 2.46. The van der Waals surface area contributed by atoms with Crippen LogP contribution in [0.5, 0.6) is 5.75 Å². The molecule has 0 aliphatic carbocycles. The van der Waals surface area contributed by atoms with Crippen LogP contribution in [0.2, 0.25) is 5.02 Å². The summed E-state index contributed by atoms with van der Waals surface area (Å²) in [7, 11) is 0. The van der Waals surface area contributed by atoms with Crippen LogP contribution in [0, 0.1) is 0 Å². The van der Waals surface area contributed by atoms with Crippen LogP contribution in [-0.4, -0.2) is 63.5 Å². The van der Waals surface area contributed by atoms with Gasteiger partial charge in [-0.05, 0) is 28.1 Å². The smallest absolute Gasteiger partial charge is 0.223 e. The number of fused-ring (bicyclic) bond motifs is 1. The number of nitrogens with one attached hydrogen (secondary N) is 2. The van der Waals surface area contributed by atoms with Crippen molar-refractivity contribution in [3.05, 3.63) is 27.8 Å². The lowest BCUT2D eigenvalue weighted by Crippen LogP contribution is -2.65. The maximum absolute atomic E-state index is 11.5. The Bertz CT molecular complexity index is 815. The molecule has 1 fully saturated rings. The third kappa shape index (κ3) is 3.55. The van der Waals surface area contributed by atoms with Crippen LogP contribution in [0.1, 0.15) is 6.92 Å². The van der Waals surface area contributed by atoms with Gasteiger partial charge in [0.25, 0.3) is 0 Å². The predicted octanol–water partition coefficient (Wildman–Crippen LogP) is 0.906. The second-order valence-corrected chi connectivity index (χ2v) is 7.22. The predicted molar refractivity (Wildman–Crippen MR) is 97.0 cm³/mol. The standard InChI is InChI=1S/C16H18BrClN2O6/c1-6(22)20-13-15(24)14(23)10(5-21)26-16(13)25-9-4-19-8-3-2-7(17)12(18)11(8)9/h2-4,10,13-16,19,21,23-24H,5H2,1H3,(H,20,22)/t10-,13-,14+,15-,16-/m0/s1. The van der Waals surface area contributed by atoms with Gasteiger partial charge in [-0.2, -0.15) is 0 Å². The van der Waals surface area contributed by atoms with Crippen LogP contribution in [0.3, 0.4) is 0 Å². The number of hydrogen-bond acceptors (Lipinski definition) is 6. The Labute approximate surface area is 162 Å². The first-order chi connectivity index (χ1) is 12.3. The van der Waals surface area contributed by atoms with Gasteiger partial charge >= 0.3 is 0 Å². The number of H-pyrrole nitrogens is 1. The summed E-state index contributed by atoms with van der Waals surface area (Å²) in [6.45, 7) is 0.749. The third-order valence-electron chi connectivity index (χ3n) is 4.19. The number of carbonyl (C=O) groups excluding carboxylic acids is 1. The van der Waals surface area contributed by atoms with Crippen molar-refractivity contribution in [2.45, 2.75) is 37.6 Å². The molecule has 8 nitrogen and oxygen atoms in total. The van der Waals surface area contributed by atoms with Crippen molar-refractivity contribution >= 4 is 44.3 Å². The number of carbonyl (C=O) groups is 1. The molecule has 0 unspecified atom stereocenters. The van der Waals surface area contributed by atoms with Gasteiger partial charge in [0.1, 0.15) is 30.1 Å². The SMILES string of the molecule is CC(=O)N[C@@H]1[C@@H](Oc2c[nH]c3ccc(Br)c(Cl)c23)O[C@@H](CO)[C@@H](O)[C@H]1O. The molecule has 1 aromatic carbocycles. The number of aromatic amines is 1. The molecule has 0 saturated carbocycles. The zero-order valence-electron chi connectivity index (χ0n) is 13.6. The molecule has 1 aliphatic rings. The Morgan fingerprint density at radius 3 is 2.81 bits per heavy atom. The van der Waals surface area contributed by atoms with Crippen molar-refractivity contribution < 1.29 is 29.6 Å². The quantitative estimate of drug-likeness (QED) is 0.473. The largest absolute Gasteiger partial charge is 0.460 e. The first kappa shape index (κ1) is 19.4. The first-order valence-corrected chi connectivity index (χ1v) is 9.02. The monoisotopic (exact) mass is 448 g/mol. The summed E-state index contributed by atoms with van der Waals surface area (Å²) in [6.07, 6.45) is -3.40. The number of halogens is 2. The molecule has 5 N–H and O–H groups in total. The van der Waals surface area contributed by atoms with Crippen LogP contribution >= 0.6 is 27.5 Å². The van der Waals surface area contributed by atoms with Gasteiger partial charge in [0, 0.05) is 17.6 Å². The van der Waals surface area contributed by atoms with Crippen molar-refractivity contribution in [1.29, 1.82) is 0 Å². The van der Waals surface area contributed by atoms with Crippen LogP contribution in [0.15, 0.2) is 22.8 Å². The Morgan fingerprint density at radius 1 is 1.42 bits per heavy atom. The molecule has 1 aliphatic heterocycles. The maximum atomic E-state index is 11.5. The van der Waals surface area contributed by atoms with Gasteiger partial charge in [0.05, 0.1) is 22.5 Å². The van der Waals surface area contributed by atoms with Gasteiger partial charge in [0.2, 0.25) is 12.2 Å². The van der Waals surface area contributed by atoms with Crippen molar-refractivity contribution in [2.24, 2.45) is 0 Å². The summed E-state index contributed by atoms with van der Waals surface area (Å²) in [5.41, 5.74) is 0.722. The number of benzene rings is 1. The number of ether oxygens (including phenoxy) is 2. The summed E-state index contributed by atoms with van der Waals surface area (Å²) in [4.78, 5) is 14.5. The van der Waals surface area contributed by atoms with Crippen LogP contribution in [0.25, 0.3) is 10.9 Å². The van der Waals surface area contributed by atoms with Crippen LogP contribution in [0.4, 0.5) is 0 Å². The molecule has 1 saturated heterocycles. The molecular formula is C16H18BrClN2O6. The minimum Gasteiger partial charge on any atom is -0.460 e. The summed E-state index contributed by atoms with van der Waals surface area (Å²) in [5, 5.41) is 33.3. The zero-order chi connectivity index (χ0) is 19.0. The molecule has 1 amide bonds. The van der Waals surface area contributed by atoms with Crippen LogP contribution < -0.4 is 10.1 Å². The molecule has 0 spiro atoms. The summed E-state index contributed by atoms with van der Waals surface area (Å²) in [5.74, 6) is -0.0902. The first-order valence-electron chi connectivity index (χ1n) is 7.84. The van der Waals surface area contributed by atoms with Crippen molar-refractivity contribution in [3.63, 3.8) is 0 Å². The molecule has 1 aromatic heterocycles. The van der Waals surface area contributed by atoms with Gasteiger partial charge in [-0.25, -0.2) is 0 Å². The summed E-state index contributed by atoms with van der Waals surface area (Å²) >= 11 is 9.68. The van der Waals surface area contributed by atoms with Gasteiger partial charge in [0.15, 0.2) is 0 Å². The van der Waals surface area contributed by atoms with E-state index in [4.69, 9.17) is 21.1 Å². The number of hydrogen-bond donors (Lipinski definition) is 5. The van der Waals surface area contributed by atoms with E-state index in [0.29, 0.717) is 20.6 Å². The van der Waals surface area contributed by atoms with Crippen molar-refractivity contribution in [1.82, 2.24) is 10.3 Å². The number of aromatic nitrogens is 1. The Kier molecular flexibility index (Phi) is 5.75. The topological polar surface area (TPSA) is 124 Å². The fraction of sp³-hybridized carbons (Fsp3) is 0.438. The van der Waals surface area contributed by atoms with Crippen molar-refractivity contribution in [3.8, 4) is 5.75 Å². The van der Waals surface area contributed by atoms with E-state index in [2.05, 4.69) is 26.2 Å². The molecule has 142 valence electrons. The lowest BCUT2D eigenvalue weighted by atomic mass is 9.97. The molecular weight excluding hydrogens is 432 g/mol. The number of aliphatic hydroxyl groups excluding tert-OH is 3. The fourth-order valence-corrected chi connectivity index (χ4v) is 3.50. The summed E-state index contributed by atoms with van der Waals surface area (Å²) < 4.78 is 12.1. The van der Waals surface area contributed by atoms with E-state index in [9.17, 15) is 20.1 Å². The van der Waals surface area contributed by atoms with E-state index < -0.39 is 43.2 Å². The highest BCUT2D eigenvalue weighted by molar-refractivity contribution is 9.10. The zero-order valence-corrected chi connectivity index (χ0v) is 16.0. The second-order valence-electron chi connectivity index (χ2n) is 5.99. The third-order valence-corrected chi connectivity index (χ3v) is 5.48. The fourth-order valence-electron chi connectivity index (χ4n) is 2.92. The molecule has 26 heavy (non-hydrogen) atoms. The molecule has 3 rings (SSSR count). The number of aliphatic hydroxyl groups is 3. The minimum absolute atomic E-state index is 0.340. The van der Waals surface area contributed by atoms with Gasteiger partial charge < -0.3 is 35.1 Å². The molecule has 0 radical (unpaired) electrons. The molecule has 2 aromatic rings. The van der Waals surface area contributed by atoms with Gasteiger partial charge in [-0.15, -0.1) is 0 Å². The van der Waals surface area contributed by atoms with Gasteiger partial charge in [-0.1, -0.05) is 11.6 Å². The van der Waals surface area contributed by atoms with E-state index in [1.165, 1.54) is 6.92 Å². The normalized spacial score (nSPS) is 28.9. The molecule has 5 atom stereocenters. The maximum Gasteiger partial charge on any atom is 0.223 e. The van der Waals surface area contributed by atoms with E-state index in [1.54, 1.807) is 18.3 Å². The highest BCUT2D eigenvalue weighted by Crippen LogP contribution is 2.38. The lowest BCUT2D eigenvalue weighted by Gasteiger charge is -2.41. The van der Waals surface area contributed by atoms with Crippen LogP contribution in [-0.2, 0) is 9.53 Å². The van der Waals surface area contributed by atoms with E-state index in [1.807, 2.05) is 0 Å². The highest BCUT2D eigenvalue weighted by atomic mass is 79.9. The average Bonchev–Trinajstić information content (AvgIpc) is 3.01. The Balaban J connectivity index is 1.95. The number of amides is 1. The van der Waals surface area contributed by atoms with Crippen molar-refractivity contribution in [2.75, 3.05) is 6.61 Å². The molecule has 0 bridgehead atoms. The minimum atomic E-state index is -1.39. The van der Waals surface area contributed by atoms with E-state index in [-0.39, 0.29) is 0 Å². The van der Waals surface area contributed by atoms with E-state index >= 15 is 0 Å². The second kappa shape index (κ2) is 7.71. The Morgan fingerprint density at radius 2 is 2.15 bits per heavy atom. The molecule has 2 heterocycles. The van der Waals surface area contributed by atoms with Gasteiger partial charge in [-0.3, -0.25) is 4.79 Å². The molecule has 10 heteroatoms. The van der Waals surface area contributed by atoms with E-state index in [0.717, 1.165) is 5.52 Å².